The van der Waals surface area contributed by atoms with Gasteiger partial charge in [-0.3, -0.25) is 9.80 Å². The second-order valence-electron chi connectivity index (χ2n) is 4.67. The van der Waals surface area contributed by atoms with Gasteiger partial charge in [-0.1, -0.05) is 48.3 Å². The molecule has 1 aliphatic rings. The van der Waals surface area contributed by atoms with E-state index in [1.807, 2.05) is 11.9 Å². The summed E-state index contributed by atoms with van der Waals surface area (Å²) in [6.45, 7) is 4.89. The van der Waals surface area contributed by atoms with Gasteiger partial charge in [-0.2, -0.15) is 5.10 Å². The van der Waals surface area contributed by atoms with Crippen molar-refractivity contribution in [2.75, 3.05) is 6.54 Å². The summed E-state index contributed by atoms with van der Waals surface area (Å²) in [5.74, 6) is -0.0949. The number of carbonyl (C=O) groups is 1. The molecule has 2 rings (SSSR count). The fourth-order valence-electron chi connectivity index (χ4n) is 1.86. The Labute approximate surface area is 139 Å². The number of allylic oxidation sites excluding steroid dienone is 1. The van der Waals surface area contributed by atoms with Gasteiger partial charge >= 0.3 is 0 Å². The maximum atomic E-state index is 12.3. The zero-order chi connectivity index (χ0) is 15.4. The van der Waals surface area contributed by atoms with Gasteiger partial charge in [0.05, 0.1) is 15.1 Å². The Hall–Kier alpha value is -0.970. The molecule has 0 atom stereocenters. The molecule has 1 aliphatic heterocycles. The van der Waals surface area contributed by atoms with Crippen LogP contribution in [0.2, 0.25) is 10.0 Å². The standard InChI is InChI=1S/C15H16Cl2N2OS/c1-3-4-7-19-15(21-10(2)18-19)9-14(20)11-5-6-12(16)13(17)8-11/h5-6,8-9H,3-4,7H2,1-2H3. The van der Waals surface area contributed by atoms with Crippen LogP contribution in [0.4, 0.5) is 0 Å². The van der Waals surface area contributed by atoms with E-state index >= 15 is 0 Å². The second kappa shape index (κ2) is 7.34. The summed E-state index contributed by atoms with van der Waals surface area (Å²) in [6, 6.07) is 4.90. The number of halogens is 2. The Bertz CT molecular complexity index is 614. The number of ketones is 1. The van der Waals surface area contributed by atoms with Gasteiger partial charge in [-0.15, -0.1) is 0 Å². The number of hydrogen-bond donors (Lipinski definition) is 0. The van der Waals surface area contributed by atoms with Crippen LogP contribution in [0.25, 0.3) is 0 Å². The number of thioether (sulfide) groups is 1. The molecular formula is C15H16Cl2N2OS. The topological polar surface area (TPSA) is 32.7 Å². The molecule has 0 amide bonds. The number of unbranched alkanes of at least 4 members (excludes halogenated alkanes) is 1. The van der Waals surface area contributed by atoms with Crippen LogP contribution in [-0.4, -0.2) is 22.4 Å². The summed E-state index contributed by atoms with van der Waals surface area (Å²) in [4.78, 5) is 12.3. The van der Waals surface area contributed by atoms with E-state index in [0.717, 1.165) is 29.5 Å². The number of nitrogens with zero attached hydrogens (tertiary/aromatic N) is 2. The average Bonchev–Trinajstić information content (AvgIpc) is 2.79. The molecule has 21 heavy (non-hydrogen) atoms. The molecule has 0 saturated heterocycles. The molecule has 0 saturated carbocycles. The Balaban J connectivity index is 2.17. The minimum Gasteiger partial charge on any atom is -0.289 e. The summed E-state index contributed by atoms with van der Waals surface area (Å²) >= 11 is 13.3. The quantitative estimate of drug-likeness (QED) is 0.544. The van der Waals surface area contributed by atoms with Crippen molar-refractivity contribution in [3.8, 4) is 0 Å². The first-order valence-corrected chi connectivity index (χ1v) is 8.30. The number of benzene rings is 1. The minimum atomic E-state index is -0.0949. The van der Waals surface area contributed by atoms with Gasteiger partial charge < -0.3 is 0 Å². The summed E-state index contributed by atoms with van der Waals surface area (Å²) in [7, 11) is 0. The smallest absolute Gasteiger partial charge is 0.188 e. The van der Waals surface area contributed by atoms with E-state index in [0.29, 0.717) is 15.6 Å². The normalized spacial score (nSPS) is 16.5. The Morgan fingerprint density at radius 3 is 2.81 bits per heavy atom. The number of rotatable bonds is 5. The van der Waals surface area contributed by atoms with Crippen molar-refractivity contribution < 1.29 is 4.79 Å². The third-order valence-corrected chi connectivity index (χ3v) is 4.60. The van der Waals surface area contributed by atoms with E-state index in [2.05, 4.69) is 12.0 Å². The van der Waals surface area contributed by atoms with Gasteiger partial charge in [-0.05, 0) is 31.5 Å². The summed E-state index contributed by atoms with van der Waals surface area (Å²) < 4.78 is 0. The molecule has 0 fully saturated rings. The predicted molar refractivity (Wildman–Crippen MR) is 91.2 cm³/mol. The zero-order valence-electron chi connectivity index (χ0n) is 11.9. The van der Waals surface area contributed by atoms with E-state index in [1.165, 1.54) is 11.8 Å². The molecule has 0 aromatic heterocycles. The van der Waals surface area contributed by atoms with Crippen molar-refractivity contribution in [2.45, 2.75) is 26.7 Å². The first-order chi connectivity index (χ1) is 10.0. The van der Waals surface area contributed by atoms with Gasteiger partial charge in [-0.25, -0.2) is 0 Å². The maximum Gasteiger partial charge on any atom is 0.188 e. The van der Waals surface area contributed by atoms with E-state index in [4.69, 9.17) is 23.2 Å². The van der Waals surface area contributed by atoms with Crippen LogP contribution >= 0.6 is 35.0 Å². The zero-order valence-corrected chi connectivity index (χ0v) is 14.2. The van der Waals surface area contributed by atoms with Gasteiger partial charge in [0.15, 0.2) is 5.78 Å². The lowest BCUT2D eigenvalue weighted by atomic mass is 10.1. The number of carbonyl (C=O) groups excluding carboxylic acids is 1. The molecule has 6 heteroatoms. The molecule has 1 heterocycles. The molecule has 0 N–H and O–H groups in total. The van der Waals surface area contributed by atoms with Crippen molar-refractivity contribution in [1.82, 2.24) is 5.01 Å². The van der Waals surface area contributed by atoms with Crippen molar-refractivity contribution >= 4 is 45.8 Å². The lowest BCUT2D eigenvalue weighted by Gasteiger charge is -2.14. The molecule has 1 aromatic rings. The summed E-state index contributed by atoms with van der Waals surface area (Å²) in [5.41, 5.74) is 0.525. The molecular weight excluding hydrogens is 327 g/mol. The Morgan fingerprint density at radius 2 is 2.14 bits per heavy atom. The van der Waals surface area contributed by atoms with Crippen LogP contribution < -0.4 is 0 Å². The van der Waals surface area contributed by atoms with E-state index in [1.54, 1.807) is 24.3 Å². The molecule has 0 aliphatic carbocycles. The number of hydrazone groups is 1. The number of hydrogen-bond acceptors (Lipinski definition) is 4. The minimum absolute atomic E-state index is 0.0949. The monoisotopic (exact) mass is 342 g/mol. The Morgan fingerprint density at radius 1 is 1.38 bits per heavy atom. The highest BCUT2D eigenvalue weighted by Crippen LogP contribution is 2.31. The lowest BCUT2D eigenvalue weighted by Crippen LogP contribution is -2.14. The third kappa shape index (κ3) is 4.25. The fraction of sp³-hybridized carbons (Fsp3) is 0.333. The molecule has 0 unspecified atom stereocenters. The van der Waals surface area contributed by atoms with Gasteiger partial charge in [0, 0.05) is 18.2 Å². The van der Waals surface area contributed by atoms with Crippen LogP contribution in [0.1, 0.15) is 37.0 Å². The van der Waals surface area contributed by atoms with Gasteiger partial charge in [0.1, 0.15) is 5.03 Å². The first-order valence-electron chi connectivity index (χ1n) is 6.73. The predicted octanol–water partition coefficient (Wildman–Crippen LogP) is 5.20. The highest BCUT2D eigenvalue weighted by atomic mass is 35.5. The van der Waals surface area contributed by atoms with Crippen molar-refractivity contribution in [1.29, 1.82) is 0 Å². The van der Waals surface area contributed by atoms with Crippen molar-refractivity contribution in [2.24, 2.45) is 5.10 Å². The fourth-order valence-corrected chi connectivity index (χ4v) is 3.00. The highest BCUT2D eigenvalue weighted by molar-refractivity contribution is 8.17. The van der Waals surface area contributed by atoms with Crippen molar-refractivity contribution in [3.63, 3.8) is 0 Å². The molecule has 0 radical (unpaired) electrons. The van der Waals surface area contributed by atoms with Crippen molar-refractivity contribution in [3.05, 3.63) is 44.9 Å². The van der Waals surface area contributed by atoms with E-state index in [-0.39, 0.29) is 5.78 Å². The SMILES string of the molecule is CCCCN1N=C(C)SC1=CC(=O)c1ccc(Cl)c(Cl)c1. The summed E-state index contributed by atoms with van der Waals surface area (Å²) in [5, 5.41) is 8.95. The lowest BCUT2D eigenvalue weighted by molar-refractivity contribution is 0.104. The van der Waals surface area contributed by atoms with Crippen LogP contribution in [0.15, 0.2) is 34.4 Å². The average molecular weight is 343 g/mol. The first kappa shape index (κ1) is 16.4. The molecule has 112 valence electrons. The molecule has 0 spiro atoms. The molecule has 0 bridgehead atoms. The van der Waals surface area contributed by atoms with Gasteiger partial charge in [0.2, 0.25) is 0 Å². The largest absolute Gasteiger partial charge is 0.289 e. The van der Waals surface area contributed by atoms with Crippen LogP contribution in [0.3, 0.4) is 0 Å². The second-order valence-corrected chi connectivity index (χ2v) is 6.70. The summed E-state index contributed by atoms with van der Waals surface area (Å²) in [6.07, 6.45) is 3.74. The van der Waals surface area contributed by atoms with E-state index in [9.17, 15) is 4.79 Å². The molecule has 1 aromatic carbocycles. The van der Waals surface area contributed by atoms with Crippen LogP contribution in [0, 0.1) is 0 Å². The highest BCUT2D eigenvalue weighted by Gasteiger charge is 2.19. The third-order valence-electron chi connectivity index (χ3n) is 2.95. The van der Waals surface area contributed by atoms with E-state index < -0.39 is 0 Å². The molecule has 3 nitrogen and oxygen atoms in total. The maximum absolute atomic E-state index is 12.3. The van der Waals surface area contributed by atoms with Gasteiger partial charge in [0.25, 0.3) is 0 Å². The Kier molecular flexibility index (Phi) is 5.73. The van der Waals surface area contributed by atoms with Crippen LogP contribution in [-0.2, 0) is 0 Å². The van der Waals surface area contributed by atoms with Crippen LogP contribution in [0.5, 0.6) is 0 Å².